The number of H-pyrrole nitrogens is 1. The number of aromatic nitrogens is 1. The first kappa shape index (κ1) is 9.62. The predicted octanol–water partition coefficient (Wildman–Crippen LogP) is 0.993. The second-order valence-corrected chi connectivity index (χ2v) is 3.92. The van der Waals surface area contributed by atoms with Gasteiger partial charge in [0.25, 0.3) is 0 Å². The maximum Gasteiger partial charge on any atom is 0.417 e. The Balaban J connectivity index is 2.14. The molecule has 5 nitrogen and oxygen atoms in total. The van der Waals surface area contributed by atoms with Gasteiger partial charge in [-0.1, -0.05) is 6.07 Å². The Bertz CT molecular complexity index is 573. The minimum atomic E-state index is -0.441. The van der Waals surface area contributed by atoms with E-state index in [1.807, 2.05) is 12.1 Å². The van der Waals surface area contributed by atoms with Crippen LogP contribution in [0.15, 0.2) is 27.4 Å². The fraction of sp³-hybridized carbons (Fsp3) is 0.364. The predicted molar refractivity (Wildman–Crippen MR) is 56.3 cm³/mol. The fourth-order valence-corrected chi connectivity index (χ4v) is 1.93. The number of hydrogen-bond donors (Lipinski definition) is 1. The van der Waals surface area contributed by atoms with Gasteiger partial charge in [0.2, 0.25) is 0 Å². The Morgan fingerprint density at radius 2 is 2.25 bits per heavy atom. The van der Waals surface area contributed by atoms with Gasteiger partial charge in [-0.15, -0.1) is 0 Å². The highest BCUT2D eigenvalue weighted by atomic mass is 16.6. The third-order valence-corrected chi connectivity index (χ3v) is 3.01. The molecule has 0 unspecified atom stereocenters. The van der Waals surface area contributed by atoms with Crippen LogP contribution in [0.3, 0.4) is 0 Å². The van der Waals surface area contributed by atoms with Gasteiger partial charge in [-0.2, -0.15) is 0 Å². The van der Waals surface area contributed by atoms with E-state index in [1.54, 1.807) is 13.2 Å². The Labute approximate surface area is 91.0 Å². The van der Waals surface area contributed by atoms with Gasteiger partial charge in [-0.25, -0.2) is 4.79 Å². The Kier molecular flexibility index (Phi) is 1.92. The van der Waals surface area contributed by atoms with Gasteiger partial charge in [0.1, 0.15) is 5.60 Å². The van der Waals surface area contributed by atoms with Gasteiger partial charge in [0.05, 0.1) is 18.7 Å². The highest BCUT2D eigenvalue weighted by Gasteiger charge is 2.40. The molecule has 3 rings (SSSR count). The maximum absolute atomic E-state index is 11.0. The average Bonchev–Trinajstić information content (AvgIpc) is 2.56. The van der Waals surface area contributed by atoms with Crippen LogP contribution in [0.2, 0.25) is 0 Å². The summed E-state index contributed by atoms with van der Waals surface area (Å²) in [4.78, 5) is 13.6. The monoisotopic (exact) mass is 221 g/mol. The molecule has 1 aromatic carbocycles. The Morgan fingerprint density at radius 1 is 1.44 bits per heavy atom. The number of methoxy groups -OCH3 is 1. The van der Waals surface area contributed by atoms with Gasteiger partial charge in [-0.05, 0) is 17.7 Å². The first-order valence-electron chi connectivity index (χ1n) is 5.00. The molecule has 2 heterocycles. The minimum Gasteiger partial charge on any atom is -0.408 e. The van der Waals surface area contributed by atoms with Crippen LogP contribution in [-0.4, -0.2) is 25.3 Å². The topological polar surface area (TPSA) is 64.5 Å². The van der Waals surface area contributed by atoms with E-state index >= 15 is 0 Å². The molecule has 5 heteroatoms. The molecular weight excluding hydrogens is 210 g/mol. The lowest BCUT2D eigenvalue weighted by Gasteiger charge is -2.40. The number of hydrogen-bond acceptors (Lipinski definition) is 4. The molecule has 0 amide bonds. The zero-order chi connectivity index (χ0) is 11.2. The van der Waals surface area contributed by atoms with Crippen molar-refractivity contribution in [3.63, 3.8) is 0 Å². The molecule has 0 spiro atoms. The minimum absolute atomic E-state index is 0.373. The van der Waals surface area contributed by atoms with Crippen LogP contribution in [0.1, 0.15) is 5.56 Å². The smallest absolute Gasteiger partial charge is 0.408 e. The van der Waals surface area contributed by atoms with Crippen molar-refractivity contribution >= 4 is 11.1 Å². The third-order valence-electron chi connectivity index (χ3n) is 3.01. The van der Waals surface area contributed by atoms with Crippen LogP contribution in [0.5, 0.6) is 0 Å². The molecule has 0 atom stereocenters. The first-order chi connectivity index (χ1) is 7.73. The summed E-state index contributed by atoms with van der Waals surface area (Å²) in [5, 5.41) is 0. The molecule has 0 radical (unpaired) electrons. The van der Waals surface area contributed by atoms with Crippen LogP contribution in [0.4, 0.5) is 0 Å². The molecule has 1 fully saturated rings. The van der Waals surface area contributed by atoms with Crippen LogP contribution < -0.4 is 5.76 Å². The van der Waals surface area contributed by atoms with Crippen molar-refractivity contribution in [2.75, 3.05) is 20.3 Å². The van der Waals surface area contributed by atoms with Crippen molar-refractivity contribution in [1.82, 2.24) is 4.98 Å². The van der Waals surface area contributed by atoms with Crippen molar-refractivity contribution in [3.8, 4) is 0 Å². The van der Waals surface area contributed by atoms with E-state index in [2.05, 4.69) is 4.98 Å². The summed E-state index contributed by atoms with van der Waals surface area (Å²) in [6.07, 6.45) is 0. The van der Waals surface area contributed by atoms with Crippen LogP contribution in [-0.2, 0) is 15.1 Å². The van der Waals surface area contributed by atoms with Gasteiger partial charge in [0, 0.05) is 7.11 Å². The molecule has 0 bridgehead atoms. The van der Waals surface area contributed by atoms with Gasteiger partial charge >= 0.3 is 5.76 Å². The number of fused-ring (bicyclic) bond motifs is 1. The number of rotatable bonds is 2. The molecular formula is C11H11NO4. The number of ether oxygens (including phenoxy) is 2. The highest BCUT2D eigenvalue weighted by molar-refractivity contribution is 5.73. The molecule has 1 aliphatic heterocycles. The van der Waals surface area contributed by atoms with Crippen molar-refractivity contribution in [2.24, 2.45) is 0 Å². The highest BCUT2D eigenvalue weighted by Crippen LogP contribution is 2.34. The average molecular weight is 221 g/mol. The van der Waals surface area contributed by atoms with E-state index < -0.39 is 5.76 Å². The second kappa shape index (κ2) is 3.20. The van der Waals surface area contributed by atoms with Gasteiger partial charge in [0.15, 0.2) is 5.58 Å². The standard InChI is InChI=1S/C11H11NO4/c1-14-11(5-15-6-11)7-2-3-9-8(4-7)12-10(13)16-9/h2-4H,5-6H2,1H3,(H,12,13). The van der Waals surface area contributed by atoms with E-state index in [9.17, 15) is 4.79 Å². The molecule has 0 saturated carbocycles. The lowest BCUT2D eigenvalue weighted by molar-refractivity contribution is -0.202. The second-order valence-electron chi connectivity index (χ2n) is 3.92. The number of nitrogens with one attached hydrogen (secondary N) is 1. The number of oxazole rings is 1. The molecule has 1 aliphatic rings. The fourth-order valence-electron chi connectivity index (χ4n) is 1.93. The SMILES string of the molecule is COC1(c2ccc3oc(=O)[nH]c3c2)COC1. The summed E-state index contributed by atoms with van der Waals surface area (Å²) < 4.78 is 15.6. The van der Waals surface area contributed by atoms with E-state index in [0.29, 0.717) is 24.3 Å². The van der Waals surface area contributed by atoms with E-state index in [4.69, 9.17) is 13.9 Å². The number of aromatic amines is 1. The van der Waals surface area contributed by atoms with Crippen molar-refractivity contribution in [2.45, 2.75) is 5.60 Å². The van der Waals surface area contributed by atoms with Crippen LogP contribution >= 0.6 is 0 Å². The molecule has 16 heavy (non-hydrogen) atoms. The number of benzene rings is 1. The summed E-state index contributed by atoms with van der Waals surface area (Å²) >= 11 is 0. The quantitative estimate of drug-likeness (QED) is 0.821. The van der Waals surface area contributed by atoms with Crippen LogP contribution in [0.25, 0.3) is 11.1 Å². The molecule has 0 aliphatic carbocycles. The van der Waals surface area contributed by atoms with E-state index in [1.165, 1.54) is 0 Å². The third kappa shape index (κ3) is 1.22. The molecule has 1 saturated heterocycles. The first-order valence-corrected chi connectivity index (χ1v) is 5.00. The zero-order valence-electron chi connectivity index (χ0n) is 8.78. The summed E-state index contributed by atoms with van der Waals surface area (Å²) in [6.45, 7) is 1.08. The molecule has 1 aromatic heterocycles. The normalized spacial score (nSPS) is 18.6. The van der Waals surface area contributed by atoms with E-state index in [0.717, 1.165) is 5.56 Å². The van der Waals surface area contributed by atoms with E-state index in [-0.39, 0.29) is 5.60 Å². The summed E-state index contributed by atoms with van der Waals surface area (Å²) in [6, 6.07) is 5.53. The maximum atomic E-state index is 11.0. The van der Waals surface area contributed by atoms with Crippen molar-refractivity contribution < 1.29 is 13.9 Å². The summed E-state index contributed by atoms with van der Waals surface area (Å²) in [7, 11) is 1.66. The lowest BCUT2D eigenvalue weighted by Crippen LogP contribution is -2.48. The largest absolute Gasteiger partial charge is 0.417 e. The van der Waals surface area contributed by atoms with Gasteiger partial charge in [-0.3, -0.25) is 4.98 Å². The van der Waals surface area contributed by atoms with Crippen molar-refractivity contribution in [1.29, 1.82) is 0 Å². The molecule has 2 aromatic rings. The summed E-state index contributed by atoms with van der Waals surface area (Å²) in [5.41, 5.74) is 1.86. The van der Waals surface area contributed by atoms with Gasteiger partial charge < -0.3 is 13.9 Å². The zero-order valence-corrected chi connectivity index (χ0v) is 8.78. The Hall–Kier alpha value is -1.59. The van der Waals surface area contributed by atoms with Crippen LogP contribution in [0, 0.1) is 0 Å². The van der Waals surface area contributed by atoms with Crippen molar-refractivity contribution in [3.05, 3.63) is 34.3 Å². The summed E-state index contributed by atoms with van der Waals surface area (Å²) in [5.74, 6) is -0.441. The molecule has 1 N–H and O–H groups in total. The molecule has 84 valence electrons. The Morgan fingerprint density at radius 3 is 2.88 bits per heavy atom. The lowest BCUT2D eigenvalue weighted by atomic mass is 9.91.